The number of allylic oxidation sites excluding steroid dienone is 4. The Kier molecular flexibility index (Phi) is 9.00. The van der Waals surface area contributed by atoms with Crippen molar-refractivity contribution in [1.29, 1.82) is 0 Å². The minimum atomic E-state index is -1.13. The van der Waals surface area contributed by atoms with Gasteiger partial charge in [-0.2, -0.15) is 0 Å². The first kappa shape index (κ1) is 30.1. The summed E-state index contributed by atoms with van der Waals surface area (Å²) in [4.78, 5) is 26.5. The van der Waals surface area contributed by atoms with Crippen LogP contribution in [0, 0.1) is 12.3 Å². The minimum absolute atomic E-state index is 0.146. The number of benzene rings is 1. The van der Waals surface area contributed by atoms with Gasteiger partial charge in [0.05, 0.1) is 12.7 Å². The highest BCUT2D eigenvalue weighted by Gasteiger charge is 2.43. The third kappa shape index (κ3) is 6.38. The van der Waals surface area contributed by atoms with Crippen molar-refractivity contribution in [3.05, 3.63) is 63.8 Å². The van der Waals surface area contributed by atoms with E-state index in [0.29, 0.717) is 24.3 Å². The predicted octanol–water partition coefficient (Wildman–Crippen LogP) is 7.01. The zero-order valence-corrected chi connectivity index (χ0v) is 26.2. The number of carbonyl (C=O) groups is 2. The average Bonchev–Trinajstić information content (AvgIpc) is 3.51. The fraction of sp³-hybridized carbons (Fsp3) is 0.562. The SMILES string of the molecule is COc1c(C)c2c(c(C(C)(C)C)c1C[C@H](OC(=O)NC[C@@]1(C)C=CC=CC1)C1=CCCC1)C(=O)OC2O[Si](C)C. The molecule has 0 saturated heterocycles. The highest BCUT2D eigenvalue weighted by atomic mass is 28.3. The lowest BCUT2D eigenvalue weighted by molar-refractivity contribution is -0.0398. The van der Waals surface area contributed by atoms with Gasteiger partial charge in [-0.25, -0.2) is 9.59 Å². The first-order chi connectivity index (χ1) is 18.8. The number of esters is 1. The van der Waals surface area contributed by atoms with Gasteiger partial charge in [-0.15, -0.1) is 0 Å². The zero-order chi connectivity index (χ0) is 29.2. The number of alkyl carbamates (subject to hydrolysis) is 1. The predicted molar refractivity (Wildman–Crippen MR) is 158 cm³/mol. The largest absolute Gasteiger partial charge is 0.496 e. The van der Waals surface area contributed by atoms with Gasteiger partial charge in [-0.3, -0.25) is 0 Å². The molecule has 4 rings (SSSR count). The van der Waals surface area contributed by atoms with Crippen LogP contribution in [-0.2, 0) is 25.7 Å². The maximum Gasteiger partial charge on any atom is 0.407 e. The molecule has 0 fully saturated rings. The Bertz CT molecular complexity index is 1240. The summed E-state index contributed by atoms with van der Waals surface area (Å²) in [5, 5.41) is 3.00. The molecule has 2 aliphatic carbocycles. The normalized spacial score (nSPS) is 22.7. The molecule has 0 spiro atoms. The molecule has 1 heterocycles. The van der Waals surface area contributed by atoms with Crippen molar-refractivity contribution in [2.75, 3.05) is 13.7 Å². The second kappa shape index (κ2) is 11.9. The Morgan fingerprint density at radius 2 is 2.02 bits per heavy atom. The lowest BCUT2D eigenvalue weighted by atomic mass is 9.76. The van der Waals surface area contributed by atoms with Gasteiger partial charge in [0.2, 0.25) is 15.3 Å². The van der Waals surface area contributed by atoms with E-state index in [2.05, 4.69) is 51.2 Å². The molecular formula is C32H44NO6Si. The average molecular weight is 567 g/mol. The molecule has 3 atom stereocenters. The molecule has 1 amide bonds. The van der Waals surface area contributed by atoms with Gasteiger partial charge in [-0.05, 0) is 62.3 Å². The van der Waals surface area contributed by atoms with Gasteiger partial charge >= 0.3 is 12.1 Å². The van der Waals surface area contributed by atoms with Crippen LogP contribution in [0.15, 0.2) is 36.0 Å². The summed E-state index contributed by atoms with van der Waals surface area (Å²) in [5.41, 5.74) is 4.42. The quantitative estimate of drug-likeness (QED) is 0.197. The summed E-state index contributed by atoms with van der Waals surface area (Å²) in [6.07, 6.45) is 12.9. The number of hydrogen-bond donors (Lipinski definition) is 1. The first-order valence-corrected chi connectivity index (χ1v) is 16.6. The van der Waals surface area contributed by atoms with Gasteiger partial charge in [0.25, 0.3) is 0 Å². The number of cyclic esters (lactones) is 1. The second-order valence-electron chi connectivity index (χ2n) is 12.6. The van der Waals surface area contributed by atoms with Crippen molar-refractivity contribution in [2.24, 2.45) is 5.41 Å². The smallest absolute Gasteiger partial charge is 0.407 e. The Balaban J connectivity index is 1.72. The maximum atomic E-state index is 13.4. The first-order valence-electron chi connectivity index (χ1n) is 14.2. The molecule has 1 unspecified atom stereocenters. The molecule has 7 nitrogen and oxygen atoms in total. The molecule has 1 aromatic carbocycles. The van der Waals surface area contributed by atoms with Crippen molar-refractivity contribution in [3.8, 4) is 5.75 Å². The van der Waals surface area contributed by atoms with Crippen LogP contribution in [0.4, 0.5) is 4.79 Å². The molecule has 1 aliphatic heterocycles. The number of methoxy groups -OCH3 is 1. The van der Waals surface area contributed by atoms with Crippen molar-refractivity contribution in [3.63, 3.8) is 0 Å². The van der Waals surface area contributed by atoms with Gasteiger partial charge in [0, 0.05) is 35.1 Å². The van der Waals surface area contributed by atoms with E-state index in [0.717, 1.165) is 53.5 Å². The lowest BCUT2D eigenvalue weighted by Gasteiger charge is -2.31. The van der Waals surface area contributed by atoms with Crippen LogP contribution in [0.1, 0.15) is 92.3 Å². The summed E-state index contributed by atoms with van der Waals surface area (Å²) in [6.45, 7) is 14.9. The van der Waals surface area contributed by atoms with Crippen LogP contribution >= 0.6 is 0 Å². The van der Waals surface area contributed by atoms with Crippen molar-refractivity contribution < 1.29 is 28.2 Å². The molecule has 0 aromatic heterocycles. The third-order valence-corrected chi connectivity index (χ3v) is 8.57. The summed E-state index contributed by atoms with van der Waals surface area (Å²) in [7, 11) is 0.516. The van der Waals surface area contributed by atoms with Crippen molar-refractivity contribution >= 4 is 21.1 Å². The summed E-state index contributed by atoms with van der Waals surface area (Å²) < 4.78 is 24.1. The number of amides is 1. The van der Waals surface area contributed by atoms with Crippen LogP contribution in [0.2, 0.25) is 13.1 Å². The highest BCUT2D eigenvalue weighted by Crippen LogP contribution is 2.47. The Labute approximate surface area is 240 Å². The van der Waals surface area contributed by atoms with Gasteiger partial charge in [0.15, 0.2) is 0 Å². The van der Waals surface area contributed by atoms with E-state index in [1.807, 2.05) is 32.2 Å². The number of fused-ring (bicyclic) bond motifs is 1. The highest BCUT2D eigenvalue weighted by molar-refractivity contribution is 6.48. The van der Waals surface area contributed by atoms with Crippen LogP contribution in [-0.4, -0.2) is 40.9 Å². The molecule has 0 bridgehead atoms. The molecule has 0 saturated carbocycles. The molecule has 3 aliphatic rings. The number of ether oxygens (including phenoxy) is 3. The number of nitrogens with one attached hydrogen (secondary N) is 1. The summed E-state index contributed by atoms with van der Waals surface area (Å²) in [6, 6.07) is 0. The fourth-order valence-corrected chi connectivity index (χ4v) is 6.62. The Morgan fingerprint density at radius 3 is 2.60 bits per heavy atom. The Hall–Kier alpha value is -2.84. The topological polar surface area (TPSA) is 83.1 Å². The summed E-state index contributed by atoms with van der Waals surface area (Å²) >= 11 is 0. The van der Waals surface area contributed by atoms with E-state index < -0.39 is 32.9 Å². The van der Waals surface area contributed by atoms with Crippen molar-refractivity contribution in [2.45, 2.75) is 97.6 Å². The minimum Gasteiger partial charge on any atom is -0.496 e. The number of carbonyl (C=O) groups excluding carboxylic acids is 2. The zero-order valence-electron chi connectivity index (χ0n) is 25.2. The van der Waals surface area contributed by atoms with Gasteiger partial charge in [-0.1, -0.05) is 58.1 Å². The summed E-state index contributed by atoms with van der Waals surface area (Å²) in [5.74, 6) is 0.314. The molecular weight excluding hydrogens is 522 g/mol. The van der Waals surface area contributed by atoms with E-state index in [4.69, 9.17) is 18.6 Å². The van der Waals surface area contributed by atoms with Gasteiger partial charge < -0.3 is 24.0 Å². The lowest BCUT2D eigenvalue weighted by Crippen LogP contribution is -2.38. The van der Waals surface area contributed by atoms with E-state index in [9.17, 15) is 9.59 Å². The number of hydrogen-bond acceptors (Lipinski definition) is 6. The molecule has 1 aromatic rings. The molecule has 1 N–H and O–H groups in total. The molecule has 8 heteroatoms. The maximum absolute atomic E-state index is 13.4. The standard InChI is InChI=1S/C32H44NO6Si/c1-20-24-25(28(34)38-29(24)39-40(7)8)26(31(2,3)4)22(27(20)36-6)18-23(21-14-10-11-15-21)37-30(35)33-19-32(5)16-12-9-13-17-32/h9,12-14,16,23,29H,10-11,15,17-19H2,1-8H3,(H,33,35)/t23-,29?,32-/m0/s1. The van der Waals surface area contributed by atoms with Crippen molar-refractivity contribution in [1.82, 2.24) is 5.32 Å². The molecule has 1 radical (unpaired) electrons. The molecule has 40 heavy (non-hydrogen) atoms. The van der Waals surface area contributed by atoms with E-state index in [1.54, 1.807) is 7.11 Å². The van der Waals surface area contributed by atoms with Crippen LogP contribution in [0.5, 0.6) is 5.75 Å². The van der Waals surface area contributed by atoms with Crippen LogP contribution in [0.25, 0.3) is 0 Å². The van der Waals surface area contributed by atoms with Gasteiger partial charge in [0.1, 0.15) is 11.9 Å². The van der Waals surface area contributed by atoms with Crippen LogP contribution < -0.4 is 10.1 Å². The van der Waals surface area contributed by atoms with E-state index >= 15 is 0 Å². The monoisotopic (exact) mass is 566 g/mol. The van der Waals surface area contributed by atoms with E-state index in [1.165, 1.54) is 0 Å². The Morgan fingerprint density at radius 1 is 1.27 bits per heavy atom. The number of rotatable bonds is 9. The fourth-order valence-electron chi connectivity index (χ4n) is 6.02. The van der Waals surface area contributed by atoms with Crippen LogP contribution in [0.3, 0.4) is 0 Å². The third-order valence-electron chi connectivity index (χ3n) is 7.89. The second-order valence-corrected chi connectivity index (χ2v) is 14.6. The van der Waals surface area contributed by atoms with E-state index in [-0.39, 0.29) is 11.4 Å². The molecule has 217 valence electrons.